The lowest BCUT2D eigenvalue weighted by Gasteiger charge is -2.38. The number of rotatable bonds is 7. The van der Waals surface area contributed by atoms with Crippen LogP contribution in [0.1, 0.15) is 81.8 Å². The Morgan fingerprint density at radius 1 is 0.882 bits per heavy atom. The smallest absolute Gasteiger partial charge is 0.0569 e. The average molecular weight is 455 g/mol. The van der Waals surface area contributed by atoms with Crippen LogP contribution in [0.15, 0.2) is 76.9 Å². The van der Waals surface area contributed by atoms with Crippen molar-refractivity contribution in [3.63, 3.8) is 0 Å². The van der Waals surface area contributed by atoms with Crippen molar-refractivity contribution in [2.45, 2.75) is 76.0 Å². The second kappa shape index (κ2) is 8.81. The highest BCUT2D eigenvalue weighted by Gasteiger charge is 2.50. The molecular formula is C32H38O2. The summed E-state index contributed by atoms with van der Waals surface area (Å²) in [5, 5.41) is 21.6. The highest BCUT2D eigenvalue weighted by molar-refractivity contribution is 5.90. The molecule has 3 atom stereocenters. The molecule has 0 aromatic heterocycles. The van der Waals surface area contributed by atoms with E-state index in [2.05, 4.69) is 54.6 Å². The van der Waals surface area contributed by atoms with Crippen LogP contribution in [0.25, 0.3) is 5.57 Å². The molecule has 5 aliphatic carbocycles. The van der Waals surface area contributed by atoms with Gasteiger partial charge in [0.25, 0.3) is 0 Å². The van der Waals surface area contributed by atoms with Crippen molar-refractivity contribution in [3.05, 3.63) is 88.1 Å². The fraction of sp³-hybridized carbons (Fsp3) is 0.500. The summed E-state index contributed by atoms with van der Waals surface area (Å²) in [6.45, 7) is 0.427. The van der Waals surface area contributed by atoms with Crippen LogP contribution in [0.2, 0.25) is 0 Å². The van der Waals surface area contributed by atoms with Crippen LogP contribution in [0.3, 0.4) is 0 Å². The lowest BCUT2D eigenvalue weighted by atomic mass is 9.66. The molecule has 1 aromatic carbocycles. The number of fused-ring (bicyclic) bond motifs is 5. The molecular weight excluding hydrogens is 416 g/mol. The maximum Gasteiger partial charge on any atom is 0.0569 e. The topological polar surface area (TPSA) is 40.5 Å². The van der Waals surface area contributed by atoms with Crippen LogP contribution in [-0.4, -0.2) is 23.4 Å². The number of benzene rings is 1. The number of hydrogen-bond acceptors (Lipinski definition) is 2. The van der Waals surface area contributed by atoms with Gasteiger partial charge in [-0.2, -0.15) is 0 Å². The summed E-state index contributed by atoms with van der Waals surface area (Å²) >= 11 is 0. The summed E-state index contributed by atoms with van der Waals surface area (Å²) in [6, 6.07) is 8.72. The van der Waals surface area contributed by atoms with Gasteiger partial charge in [0.15, 0.2) is 0 Å². The number of aliphatic hydroxyl groups is 2. The van der Waals surface area contributed by atoms with Gasteiger partial charge in [-0.15, -0.1) is 0 Å². The van der Waals surface area contributed by atoms with Gasteiger partial charge in [0.05, 0.1) is 13.2 Å². The summed E-state index contributed by atoms with van der Waals surface area (Å²) in [6.07, 6.45) is 24.2. The van der Waals surface area contributed by atoms with E-state index < -0.39 is 0 Å². The van der Waals surface area contributed by atoms with E-state index in [-0.39, 0.29) is 24.0 Å². The molecule has 1 aromatic rings. The van der Waals surface area contributed by atoms with Gasteiger partial charge in [-0.25, -0.2) is 0 Å². The first-order chi connectivity index (χ1) is 16.7. The molecule has 2 heteroatoms. The van der Waals surface area contributed by atoms with Gasteiger partial charge in [0.2, 0.25) is 0 Å². The van der Waals surface area contributed by atoms with Gasteiger partial charge >= 0.3 is 0 Å². The zero-order valence-corrected chi connectivity index (χ0v) is 20.4. The third-order valence-electron chi connectivity index (χ3n) is 9.59. The molecule has 3 unspecified atom stereocenters. The minimum absolute atomic E-state index is 0.104. The van der Waals surface area contributed by atoms with Gasteiger partial charge < -0.3 is 10.2 Å². The Balaban J connectivity index is 1.25. The molecule has 0 amide bonds. The zero-order chi connectivity index (χ0) is 23.2. The molecule has 0 spiro atoms. The van der Waals surface area contributed by atoms with E-state index in [4.69, 9.17) is 0 Å². The van der Waals surface area contributed by atoms with Crippen LogP contribution in [0.5, 0.6) is 0 Å². The average Bonchev–Trinajstić information content (AvgIpc) is 3.35. The van der Waals surface area contributed by atoms with E-state index in [1.54, 1.807) is 11.1 Å². The molecule has 0 bridgehead atoms. The molecule has 0 saturated heterocycles. The highest BCUT2D eigenvalue weighted by atomic mass is 16.3. The molecule has 2 N–H and O–H groups in total. The number of allylic oxidation sites excluding steroid dienone is 8. The van der Waals surface area contributed by atoms with Crippen LogP contribution in [0.4, 0.5) is 0 Å². The normalized spacial score (nSPS) is 31.4. The predicted octanol–water partition coefficient (Wildman–Crippen LogP) is 6.96. The first kappa shape index (κ1) is 22.3. The van der Waals surface area contributed by atoms with Crippen LogP contribution >= 0.6 is 0 Å². The zero-order valence-electron chi connectivity index (χ0n) is 20.4. The third kappa shape index (κ3) is 3.14. The molecule has 5 aliphatic rings. The van der Waals surface area contributed by atoms with Crippen LogP contribution in [0, 0.1) is 11.3 Å². The predicted molar refractivity (Wildman–Crippen MR) is 139 cm³/mol. The molecule has 0 radical (unpaired) electrons. The number of hydrogen-bond donors (Lipinski definition) is 2. The molecule has 34 heavy (non-hydrogen) atoms. The van der Waals surface area contributed by atoms with Crippen molar-refractivity contribution in [1.29, 1.82) is 0 Å². The van der Waals surface area contributed by atoms with Gasteiger partial charge in [-0.3, -0.25) is 0 Å². The van der Waals surface area contributed by atoms with E-state index in [0.717, 1.165) is 51.4 Å². The van der Waals surface area contributed by atoms with Crippen LogP contribution in [-0.2, 0) is 5.41 Å². The van der Waals surface area contributed by atoms with Crippen molar-refractivity contribution in [2.24, 2.45) is 11.3 Å². The summed E-state index contributed by atoms with van der Waals surface area (Å²) < 4.78 is 0. The van der Waals surface area contributed by atoms with E-state index in [1.165, 1.54) is 47.1 Å². The molecule has 178 valence electrons. The Morgan fingerprint density at radius 3 is 2.62 bits per heavy atom. The Bertz CT molecular complexity index is 1130. The van der Waals surface area contributed by atoms with Crippen molar-refractivity contribution >= 4 is 5.57 Å². The van der Waals surface area contributed by atoms with Gasteiger partial charge in [-0.05, 0) is 103 Å². The summed E-state index contributed by atoms with van der Waals surface area (Å²) in [5.74, 6) is 0.494. The Hall–Kier alpha value is -2.16. The van der Waals surface area contributed by atoms with Gasteiger partial charge in [-0.1, -0.05) is 67.5 Å². The SMILES string of the molecule is OCC1(CCCCC2(CO)C3=C(CCC=C3)C3=CCCCC32)C2=CCCC=C2c2ccccc21. The van der Waals surface area contributed by atoms with E-state index in [9.17, 15) is 10.2 Å². The Labute approximate surface area is 204 Å². The molecule has 0 fully saturated rings. The quantitative estimate of drug-likeness (QED) is 0.437. The molecule has 0 heterocycles. The summed E-state index contributed by atoms with van der Waals surface area (Å²) in [5.41, 5.74) is 9.55. The van der Waals surface area contributed by atoms with E-state index in [0.29, 0.717) is 5.92 Å². The second-order valence-corrected chi connectivity index (χ2v) is 11.1. The van der Waals surface area contributed by atoms with Crippen molar-refractivity contribution in [3.8, 4) is 0 Å². The number of aliphatic hydroxyl groups excluding tert-OH is 2. The summed E-state index contributed by atoms with van der Waals surface area (Å²) in [7, 11) is 0. The van der Waals surface area contributed by atoms with Crippen molar-refractivity contribution in [2.75, 3.05) is 13.2 Å². The lowest BCUT2D eigenvalue weighted by Crippen LogP contribution is -2.34. The first-order valence-electron chi connectivity index (χ1n) is 13.6. The lowest BCUT2D eigenvalue weighted by molar-refractivity contribution is 0.103. The molecule has 2 nitrogen and oxygen atoms in total. The Kier molecular flexibility index (Phi) is 5.78. The van der Waals surface area contributed by atoms with E-state index in [1.807, 2.05) is 0 Å². The number of unbranched alkanes of at least 4 members (excludes halogenated alkanes) is 1. The standard InChI is InChI=1S/C32H38O2/c33-21-31(27-15-5-1-11-23(27)24-12-2-6-16-28(24)31)19-9-10-20-32(22-34)29-17-7-3-13-25(29)26-14-4-8-18-30(26)32/h1,5,7,11-12,14-17,30,33-34H,2-4,6,8-10,13,18-22H2. The second-order valence-electron chi connectivity index (χ2n) is 11.1. The van der Waals surface area contributed by atoms with E-state index >= 15 is 0 Å². The molecule has 0 saturated carbocycles. The van der Waals surface area contributed by atoms with Gasteiger partial charge in [0.1, 0.15) is 0 Å². The minimum atomic E-state index is -0.268. The highest BCUT2D eigenvalue weighted by Crippen LogP contribution is 2.59. The van der Waals surface area contributed by atoms with Gasteiger partial charge in [0, 0.05) is 10.8 Å². The summed E-state index contributed by atoms with van der Waals surface area (Å²) in [4.78, 5) is 0. The fourth-order valence-electron chi connectivity index (χ4n) is 8.04. The Morgan fingerprint density at radius 2 is 1.74 bits per heavy atom. The van der Waals surface area contributed by atoms with Crippen LogP contribution < -0.4 is 0 Å². The van der Waals surface area contributed by atoms with Crippen molar-refractivity contribution < 1.29 is 10.2 Å². The maximum absolute atomic E-state index is 10.8. The van der Waals surface area contributed by atoms with Crippen molar-refractivity contribution in [1.82, 2.24) is 0 Å². The third-order valence-corrected chi connectivity index (χ3v) is 9.59. The largest absolute Gasteiger partial charge is 0.395 e. The minimum Gasteiger partial charge on any atom is -0.395 e. The fourth-order valence-corrected chi connectivity index (χ4v) is 8.04. The monoisotopic (exact) mass is 454 g/mol. The maximum atomic E-state index is 10.8. The molecule has 0 aliphatic heterocycles. The first-order valence-corrected chi connectivity index (χ1v) is 13.6. The molecule has 6 rings (SSSR count).